The Morgan fingerprint density at radius 2 is 2.27 bits per heavy atom. The molecule has 1 atom stereocenters. The number of nitrogens with zero attached hydrogens (tertiary/aromatic N) is 1. The van der Waals surface area contributed by atoms with Crippen molar-refractivity contribution in [1.29, 1.82) is 0 Å². The SMILES string of the molecule is COC(=O)C(CN(C)C)c1ccc(Br)s1. The third kappa shape index (κ3) is 3.59. The molecule has 15 heavy (non-hydrogen) atoms. The van der Waals surface area contributed by atoms with Gasteiger partial charge in [-0.1, -0.05) is 0 Å². The molecular weight excluding hydrogens is 278 g/mol. The van der Waals surface area contributed by atoms with Crippen molar-refractivity contribution in [2.24, 2.45) is 0 Å². The van der Waals surface area contributed by atoms with Crippen LogP contribution >= 0.6 is 27.3 Å². The minimum atomic E-state index is -0.193. The van der Waals surface area contributed by atoms with Crippen LogP contribution in [0.4, 0.5) is 0 Å². The van der Waals surface area contributed by atoms with Gasteiger partial charge in [0.05, 0.1) is 10.9 Å². The Balaban J connectivity index is 2.85. The number of likely N-dealkylation sites (N-methyl/N-ethyl adjacent to an activating group) is 1. The first-order chi connectivity index (χ1) is 7.04. The summed E-state index contributed by atoms with van der Waals surface area (Å²) < 4.78 is 5.84. The van der Waals surface area contributed by atoms with Crippen molar-refractivity contribution in [3.63, 3.8) is 0 Å². The number of rotatable bonds is 4. The molecule has 3 nitrogen and oxygen atoms in total. The van der Waals surface area contributed by atoms with Crippen molar-refractivity contribution in [3.8, 4) is 0 Å². The Bertz CT molecular complexity index is 338. The number of thiophene rings is 1. The lowest BCUT2D eigenvalue weighted by atomic mass is 10.1. The monoisotopic (exact) mass is 291 g/mol. The van der Waals surface area contributed by atoms with Gasteiger partial charge >= 0.3 is 5.97 Å². The number of carbonyl (C=O) groups is 1. The van der Waals surface area contributed by atoms with Gasteiger partial charge < -0.3 is 9.64 Å². The fourth-order valence-corrected chi connectivity index (χ4v) is 2.81. The van der Waals surface area contributed by atoms with Gasteiger partial charge in [-0.25, -0.2) is 0 Å². The quantitative estimate of drug-likeness (QED) is 0.798. The average Bonchev–Trinajstić information content (AvgIpc) is 2.59. The summed E-state index contributed by atoms with van der Waals surface area (Å²) in [6.07, 6.45) is 0. The largest absolute Gasteiger partial charge is 0.468 e. The minimum Gasteiger partial charge on any atom is -0.468 e. The van der Waals surface area contributed by atoms with Crippen LogP contribution in [0, 0.1) is 0 Å². The van der Waals surface area contributed by atoms with Crippen LogP contribution in [-0.2, 0) is 9.53 Å². The number of ether oxygens (including phenoxy) is 1. The number of methoxy groups -OCH3 is 1. The van der Waals surface area contributed by atoms with Crippen LogP contribution in [0.2, 0.25) is 0 Å². The van der Waals surface area contributed by atoms with Gasteiger partial charge in [-0.05, 0) is 42.2 Å². The van der Waals surface area contributed by atoms with E-state index in [1.165, 1.54) is 7.11 Å². The number of esters is 1. The lowest BCUT2D eigenvalue weighted by molar-refractivity contribution is -0.142. The highest BCUT2D eigenvalue weighted by Gasteiger charge is 2.23. The average molecular weight is 292 g/mol. The van der Waals surface area contributed by atoms with E-state index in [1.807, 2.05) is 31.1 Å². The lowest BCUT2D eigenvalue weighted by Gasteiger charge is -2.17. The topological polar surface area (TPSA) is 29.5 Å². The van der Waals surface area contributed by atoms with E-state index < -0.39 is 0 Å². The van der Waals surface area contributed by atoms with Gasteiger partial charge in [-0.15, -0.1) is 11.3 Å². The van der Waals surface area contributed by atoms with Crippen LogP contribution in [0.25, 0.3) is 0 Å². The zero-order valence-corrected chi connectivity index (χ0v) is 11.4. The second-order valence-corrected chi connectivity index (χ2v) is 5.97. The predicted octanol–water partition coefficient (Wildman–Crippen LogP) is 2.33. The highest BCUT2D eigenvalue weighted by molar-refractivity contribution is 9.11. The van der Waals surface area contributed by atoms with E-state index in [1.54, 1.807) is 11.3 Å². The molecule has 0 aliphatic rings. The Morgan fingerprint density at radius 1 is 1.60 bits per heavy atom. The standard InChI is InChI=1S/C10H14BrNO2S/c1-12(2)6-7(10(13)14-3)8-4-5-9(11)15-8/h4-5,7H,6H2,1-3H3. The maximum absolute atomic E-state index is 11.6. The first-order valence-corrected chi connectivity index (χ1v) is 6.13. The number of hydrogen-bond donors (Lipinski definition) is 0. The number of hydrogen-bond acceptors (Lipinski definition) is 4. The van der Waals surface area contributed by atoms with Crippen molar-refractivity contribution in [2.45, 2.75) is 5.92 Å². The Labute approximate surface area is 102 Å². The fourth-order valence-electron chi connectivity index (χ4n) is 1.30. The smallest absolute Gasteiger partial charge is 0.315 e. The van der Waals surface area contributed by atoms with Gasteiger partial charge in [0, 0.05) is 11.4 Å². The summed E-state index contributed by atoms with van der Waals surface area (Å²) in [6.45, 7) is 0.666. The third-order valence-electron chi connectivity index (χ3n) is 1.97. The summed E-state index contributed by atoms with van der Waals surface area (Å²) in [4.78, 5) is 14.6. The molecule has 0 radical (unpaired) electrons. The number of carbonyl (C=O) groups excluding carboxylic acids is 1. The normalized spacial score (nSPS) is 12.9. The van der Waals surface area contributed by atoms with Gasteiger partial charge in [0.1, 0.15) is 5.92 Å². The molecule has 1 unspecified atom stereocenters. The predicted molar refractivity (Wildman–Crippen MR) is 65.3 cm³/mol. The molecule has 0 fully saturated rings. The van der Waals surface area contributed by atoms with E-state index in [0.717, 1.165) is 8.66 Å². The first-order valence-electron chi connectivity index (χ1n) is 4.52. The minimum absolute atomic E-state index is 0.182. The molecule has 0 aromatic carbocycles. The van der Waals surface area contributed by atoms with E-state index >= 15 is 0 Å². The Kier molecular flexibility index (Phi) is 4.76. The van der Waals surface area contributed by atoms with Gasteiger partial charge in [0.2, 0.25) is 0 Å². The van der Waals surface area contributed by atoms with E-state index in [4.69, 9.17) is 4.74 Å². The van der Waals surface area contributed by atoms with E-state index in [0.29, 0.717) is 6.54 Å². The first kappa shape index (κ1) is 12.7. The van der Waals surface area contributed by atoms with Gasteiger partial charge in [0.15, 0.2) is 0 Å². The molecule has 0 N–H and O–H groups in total. The maximum Gasteiger partial charge on any atom is 0.315 e. The highest BCUT2D eigenvalue weighted by atomic mass is 79.9. The van der Waals surface area contributed by atoms with Crippen molar-refractivity contribution >= 4 is 33.2 Å². The molecule has 1 aromatic rings. The summed E-state index contributed by atoms with van der Waals surface area (Å²) in [5.74, 6) is -0.376. The van der Waals surface area contributed by atoms with Crippen molar-refractivity contribution in [3.05, 3.63) is 20.8 Å². The second-order valence-electron chi connectivity index (χ2n) is 3.48. The third-order valence-corrected chi connectivity index (χ3v) is 3.71. The Hall–Kier alpha value is -0.390. The molecule has 0 saturated heterocycles. The molecule has 84 valence electrons. The molecule has 1 heterocycles. The molecule has 0 aliphatic carbocycles. The fraction of sp³-hybridized carbons (Fsp3) is 0.500. The summed E-state index contributed by atoms with van der Waals surface area (Å²) in [7, 11) is 5.31. The lowest BCUT2D eigenvalue weighted by Crippen LogP contribution is -2.26. The highest BCUT2D eigenvalue weighted by Crippen LogP contribution is 2.29. The number of halogens is 1. The van der Waals surface area contributed by atoms with Crippen LogP contribution in [0.15, 0.2) is 15.9 Å². The summed E-state index contributed by atoms with van der Waals surface area (Å²) in [6, 6.07) is 3.91. The van der Waals surface area contributed by atoms with Crippen molar-refractivity contribution < 1.29 is 9.53 Å². The zero-order valence-electron chi connectivity index (χ0n) is 8.99. The molecule has 1 rings (SSSR count). The summed E-state index contributed by atoms with van der Waals surface area (Å²) in [5, 5.41) is 0. The molecule has 0 saturated carbocycles. The van der Waals surface area contributed by atoms with Gasteiger partial charge in [-0.3, -0.25) is 4.79 Å². The molecule has 0 aliphatic heterocycles. The van der Waals surface area contributed by atoms with E-state index in [9.17, 15) is 4.79 Å². The van der Waals surface area contributed by atoms with Gasteiger partial charge in [-0.2, -0.15) is 0 Å². The Morgan fingerprint density at radius 3 is 2.67 bits per heavy atom. The van der Waals surface area contributed by atoms with Crippen LogP contribution in [0.1, 0.15) is 10.8 Å². The molecule has 0 spiro atoms. The summed E-state index contributed by atoms with van der Waals surface area (Å²) >= 11 is 4.96. The van der Waals surface area contributed by atoms with Crippen LogP contribution in [0.3, 0.4) is 0 Å². The van der Waals surface area contributed by atoms with Crippen LogP contribution in [-0.4, -0.2) is 38.6 Å². The second kappa shape index (κ2) is 5.63. The molecule has 0 bridgehead atoms. The molecule has 5 heteroatoms. The summed E-state index contributed by atoms with van der Waals surface area (Å²) in [5.41, 5.74) is 0. The van der Waals surface area contributed by atoms with E-state index in [-0.39, 0.29) is 11.9 Å². The van der Waals surface area contributed by atoms with Crippen molar-refractivity contribution in [1.82, 2.24) is 4.90 Å². The van der Waals surface area contributed by atoms with Gasteiger partial charge in [0.25, 0.3) is 0 Å². The van der Waals surface area contributed by atoms with Crippen LogP contribution < -0.4 is 0 Å². The van der Waals surface area contributed by atoms with Crippen molar-refractivity contribution in [2.75, 3.05) is 27.7 Å². The zero-order chi connectivity index (χ0) is 11.4. The molecule has 1 aromatic heterocycles. The molecule has 0 amide bonds. The van der Waals surface area contributed by atoms with Crippen LogP contribution in [0.5, 0.6) is 0 Å². The van der Waals surface area contributed by atoms with E-state index in [2.05, 4.69) is 15.9 Å². The molecular formula is C10H14BrNO2S. The maximum atomic E-state index is 11.6.